The molecule has 6 nitrogen and oxygen atoms in total. The first kappa shape index (κ1) is 14.3. The summed E-state index contributed by atoms with van der Waals surface area (Å²) in [6.45, 7) is 0.239. The Morgan fingerprint density at radius 3 is 2.85 bits per heavy atom. The van der Waals surface area contributed by atoms with Gasteiger partial charge in [-0.1, -0.05) is 6.07 Å². The third-order valence-corrected chi connectivity index (χ3v) is 3.05. The summed E-state index contributed by atoms with van der Waals surface area (Å²) in [5, 5.41) is 13.7. The van der Waals surface area contributed by atoms with Crippen molar-refractivity contribution in [2.24, 2.45) is 0 Å². The number of benzene rings is 1. The summed E-state index contributed by atoms with van der Waals surface area (Å²) in [6, 6.07) is 6.72. The van der Waals surface area contributed by atoms with Crippen LogP contribution >= 0.6 is 15.9 Å². The monoisotopic (exact) mass is 337 g/mol. The van der Waals surface area contributed by atoms with Gasteiger partial charge in [-0.15, -0.1) is 0 Å². The van der Waals surface area contributed by atoms with Crippen molar-refractivity contribution in [2.75, 3.05) is 12.4 Å². The molecule has 0 fully saturated rings. The van der Waals surface area contributed by atoms with Crippen molar-refractivity contribution >= 4 is 27.3 Å². The number of nitro groups is 1. The number of pyridine rings is 1. The molecule has 0 amide bonds. The van der Waals surface area contributed by atoms with Crippen LogP contribution in [0.25, 0.3) is 0 Å². The van der Waals surface area contributed by atoms with Gasteiger partial charge < -0.3 is 10.1 Å². The molecule has 0 atom stereocenters. The van der Waals surface area contributed by atoms with Gasteiger partial charge in [-0.2, -0.15) is 0 Å². The standard InChI is InChI=1S/C13H12BrN3O3/c1-15-12-3-2-9(4-13(12)17(18)19)8-20-11-5-10(14)6-16-7-11/h2-7,15H,8H2,1H3. The normalized spacial score (nSPS) is 10.1. The van der Waals surface area contributed by atoms with Crippen LogP contribution in [0.4, 0.5) is 11.4 Å². The van der Waals surface area contributed by atoms with Crippen LogP contribution in [0.1, 0.15) is 5.56 Å². The SMILES string of the molecule is CNc1ccc(COc2cncc(Br)c2)cc1[N+](=O)[O-]. The van der Waals surface area contributed by atoms with Crippen LogP contribution in [0.3, 0.4) is 0 Å². The number of hydrogen-bond donors (Lipinski definition) is 1. The molecule has 0 radical (unpaired) electrons. The van der Waals surface area contributed by atoms with Gasteiger partial charge in [0.25, 0.3) is 5.69 Å². The molecule has 2 rings (SSSR count). The lowest BCUT2D eigenvalue weighted by Crippen LogP contribution is -2.00. The lowest BCUT2D eigenvalue weighted by Gasteiger charge is -2.08. The first-order chi connectivity index (χ1) is 9.60. The topological polar surface area (TPSA) is 77.3 Å². The second kappa shape index (κ2) is 6.33. The zero-order valence-electron chi connectivity index (χ0n) is 10.7. The quantitative estimate of drug-likeness (QED) is 0.668. The first-order valence-electron chi connectivity index (χ1n) is 5.78. The number of nitro benzene ring substituents is 1. The van der Waals surface area contributed by atoms with E-state index in [0.29, 0.717) is 11.4 Å². The molecule has 0 aliphatic carbocycles. The molecule has 7 heteroatoms. The van der Waals surface area contributed by atoms with Crippen LogP contribution in [0.2, 0.25) is 0 Å². The average molecular weight is 338 g/mol. The Bertz CT molecular complexity index is 634. The van der Waals surface area contributed by atoms with E-state index in [1.54, 1.807) is 37.6 Å². The van der Waals surface area contributed by atoms with E-state index in [1.165, 1.54) is 6.07 Å². The Morgan fingerprint density at radius 1 is 1.40 bits per heavy atom. The fraction of sp³-hybridized carbons (Fsp3) is 0.154. The molecule has 0 unspecified atom stereocenters. The van der Waals surface area contributed by atoms with Crippen molar-refractivity contribution in [1.29, 1.82) is 0 Å². The molecular formula is C13H12BrN3O3. The van der Waals surface area contributed by atoms with Crippen molar-refractivity contribution in [3.8, 4) is 5.75 Å². The molecule has 1 aromatic heterocycles. The second-order valence-corrected chi connectivity index (χ2v) is 4.90. The molecule has 2 aromatic rings. The van der Waals surface area contributed by atoms with E-state index in [9.17, 15) is 10.1 Å². The Kier molecular flexibility index (Phi) is 4.52. The predicted molar refractivity (Wildman–Crippen MR) is 78.9 cm³/mol. The lowest BCUT2D eigenvalue weighted by molar-refractivity contribution is -0.384. The van der Waals surface area contributed by atoms with Crippen molar-refractivity contribution in [3.05, 3.63) is 56.8 Å². The molecule has 0 spiro atoms. The fourth-order valence-corrected chi connectivity index (χ4v) is 2.01. The molecular weight excluding hydrogens is 326 g/mol. The molecule has 0 bridgehead atoms. The summed E-state index contributed by atoms with van der Waals surface area (Å²) < 4.78 is 6.36. The maximum atomic E-state index is 11.0. The minimum Gasteiger partial charge on any atom is -0.487 e. The van der Waals surface area contributed by atoms with E-state index >= 15 is 0 Å². The lowest BCUT2D eigenvalue weighted by atomic mass is 10.2. The zero-order chi connectivity index (χ0) is 14.5. The molecule has 1 aromatic carbocycles. The van der Waals surface area contributed by atoms with Crippen LogP contribution in [-0.4, -0.2) is 17.0 Å². The summed E-state index contributed by atoms with van der Waals surface area (Å²) >= 11 is 3.30. The number of halogens is 1. The highest BCUT2D eigenvalue weighted by Gasteiger charge is 2.13. The van der Waals surface area contributed by atoms with Gasteiger partial charge in [0.15, 0.2) is 0 Å². The number of nitrogens with one attached hydrogen (secondary N) is 1. The molecule has 104 valence electrons. The van der Waals surface area contributed by atoms with Crippen molar-refractivity contribution < 1.29 is 9.66 Å². The summed E-state index contributed by atoms with van der Waals surface area (Å²) in [7, 11) is 1.64. The largest absolute Gasteiger partial charge is 0.487 e. The Hall–Kier alpha value is -2.15. The van der Waals surface area contributed by atoms with Crippen molar-refractivity contribution in [2.45, 2.75) is 6.61 Å². The smallest absolute Gasteiger partial charge is 0.292 e. The maximum absolute atomic E-state index is 11.0. The summed E-state index contributed by atoms with van der Waals surface area (Å²) in [5.74, 6) is 0.597. The molecule has 1 heterocycles. The van der Waals surface area contributed by atoms with E-state index in [0.717, 1.165) is 10.0 Å². The Morgan fingerprint density at radius 2 is 2.20 bits per heavy atom. The number of hydrogen-bond acceptors (Lipinski definition) is 5. The second-order valence-electron chi connectivity index (χ2n) is 3.99. The van der Waals surface area contributed by atoms with Gasteiger partial charge in [0.1, 0.15) is 18.0 Å². The van der Waals surface area contributed by atoms with Gasteiger partial charge in [-0.25, -0.2) is 0 Å². The zero-order valence-corrected chi connectivity index (χ0v) is 12.3. The molecule has 0 aliphatic rings. The summed E-state index contributed by atoms with van der Waals surface area (Å²) in [4.78, 5) is 14.5. The van der Waals surface area contributed by atoms with E-state index < -0.39 is 4.92 Å². The average Bonchev–Trinajstić information content (AvgIpc) is 2.45. The van der Waals surface area contributed by atoms with Gasteiger partial charge >= 0.3 is 0 Å². The van der Waals surface area contributed by atoms with Crippen molar-refractivity contribution in [1.82, 2.24) is 4.98 Å². The predicted octanol–water partition coefficient (Wildman–Crippen LogP) is 3.37. The minimum atomic E-state index is -0.421. The van der Waals surface area contributed by atoms with Crippen LogP contribution < -0.4 is 10.1 Å². The van der Waals surface area contributed by atoms with E-state index in [4.69, 9.17) is 4.74 Å². The van der Waals surface area contributed by atoms with Crippen molar-refractivity contribution in [3.63, 3.8) is 0 Å². The van der Waals surface area contributed by atoms with E-state index in [1.807, 2.05) is 0 Å². The van der Waals surface area contributed by atoms with Crippen LogP contribution in [0.15, 0.2) is 41.1 Å². The third-order valence-electron chi connectivity index (χ3n) is 2.61. The van der Waals surface area contributed by atoms with Gasteiger partial charge in [-0.05, 0) is 33.6 Å². The molecule has 1 N–H and O–H groups in total. The summed E-state index contributed by atoms with van der Waals surface area (Å²) in [6.07, 6.45) is 3.24. The van der Waals surface area contributed by atoms with Gasteiger partial charge in [0.05, 0.1) is 11.1 Å². The number of aromatic nitrogens is 1. The Balaban J connectivity index is 2.14. The number of nitrogens with zero attached hydrogens (tertiary/aromatic N) is 2. The summed E-state index contributed by atoms with van der Waals surface area (Å²) in [5.41, 5.74) is 1.22. The highest BCUT2D eigenvalue weighted by Crippen LogP contribution is 2.26. The van der Waals surface area contributed by atoms with Crippen LogP contribution in [0.5, 0.6) is 5.75 Å². The molecule has 0 saturated heterocycles. The van der Waals surface area contributed by atoms with E-state index in [-0.39, 0.29) is 12.3 Å². The molecule has 0 aliphatic heterocycles. The maximum Gasteiger partial charge on any atom is 0.292 e. The minimum absolute atomic E-state index is 0.0287. The number of ether oxygens (including phenoxy) is 1. The molecule has 0 saturated carbocycles. The fourth-order valence-electron chi connectivity index (χ4n) is 1.67. The first-order valence-corrected chi connectivity index (χ1v) is 6.58. The highest BCUT2D eigenvalue weighted by atomic mass is 79.9. The Labute approximate surface area is 124 Å². The number of anilines is 1. The van der Waals surface area contributed by atoms with Crippen LogP contribution in [-0.2, 0) is 6.61 Å². The third kappa shape index (κ3) is 3.45. The van der Waals surface area contributed by atoms with Gasteiger partial charge in [0.2, 0.25) is 0 Å². The van der Waals surface area contributed by atoms with Gasteiger partial charge in [-0.3, -0.25) is 15.1 Å². The van der Waals surface area contributed by atoms with Gasteiger partial charge in [0, 0.05) is 23.8 Å². The highest BCUT2D eigenvalue weighted by molar-refractivity contribution is 9.10. The van der Waals surface area contributed by atoms with Crippen LogP contribution in [0, 0.1) is 10.1 Å². The molecule has 20 heavy (non-hydrogen) atoms. The number of rotatable bonds is 5. The van der Waals surface area contributed by atoms with E-state index in [2.05, 4.69) is 26.2 Å².